The average molecular weight is 277 g/mol. The third kappa shape index (κ3) is 4.36. The molecule has 1 aromatic carbocycles. The highest BCUT2D eigenvalue weighted by Gasteiger charge is 2.20. The van der Waals surface area contributed by atoms with Crippen LogP contribution < -0.4 is 0 Å². The van der Waals surface area contributed by atoms with Gasteiger partial charge in [-0.15, -0.1) is 0 Å². The molecule has 1 atom stereocenters. The highest BCUT2D eigenvalue weighted by atomic mass is 35.5. The summed E-state index contributed by atoms with van der Waals surface area (Å²) in [5.41, 5.74) is 0. The highest BCUT2D eigenvalue weighted by Crippen LogP contribution is 2.16. The highest BCUT2D eigenvalue weighted by molar-refractivity contribution is 7.91. The van der Waals surface area contributed by atoms with Gasteiger partial charge in [-0.2, -0.15) is 0 Å². The standard InChI is InChI=1S/C11H13ClO4S/c1-8(16-9(2)13)7-17(14,15)11-5-3-10(12)4-6-11/h3-6,8H,7H2,1-2H3/t8-/m1/s1. The summed E-state index contributed by atoms with van der Waals surface area (Å²) in [6, 6.07) is 5.87. The summed E-state index contributed by atoms with van der Waals surface area (Å²) >= 11 is 5.67. The fourth-order valence-electron chi connectivity index (χ4n) is 1.36. The molecule has 0 spiro atoms. The fraction of sp³-hybridized carbons (Fsp3) is 0.364. The minimum Gasteiger partial charge on any atom is -0.462 e. The van der Waals surface area contributed by atoms with Gasteiger partial charge in [0.05, 0.1) is 10.6 Å². The second-order valence-corrected chi connectivity index (χ2v) is 6.13. The molecule has 0 aliphatic carbocycles. The smallest absolute Gasteiger partial charge is 0.302 e. The third-order valence-electron chi connectivity index (χ3n) is 1.99. The van der Waals surface area contributed by atoms with Crippen molar-refractivity contribution in [3.63, 3.8) is 0 Å². The van der Waals surface area contributed by atoms with Crippen molar-refractivity contribution in [2.75, 3.05) is 5.75 Å². The Morgan fingerprint density at radius 1 is 1.35 bits per heavy atom. The van der Waals surface area contributed by atoms with E-state index in [2.05, 4.69) is 0 Å². The molecule has 0 aliphatic heterocycles. The van der Waals surface area contributed by atoms with Gasteiger partial charge in [0.15, 0.2) is 9.84 Å². The number of hydrogen-bond donors (Lipinski definition) is 0. The van der Waals surface area contributed by atoms with Crippen molar-refractivity contribution in [1.82, 2.24) is 0 Å². The Morgan fingerprint density at radius 3 is 2.35 bits per heavy atom. The minimum absolute atomic E-state index is 0.168. The van der Waals surface area contributed by atoms with Gasteiger partial charge in [-0.25, -0.2) is 8.42 Å². The maximum absolute atomic E-state index is 11.9. The number of esters is 1. The first kappa shape index (κ1) is 14.0. The van der Waals surface area contributed by atoms with Gasteiger partial charge in [0, 0.05) is 11.9 Å². The van der Waals surface area contributed by atoms with E-state index in [0.29, 0.717) is 5.02 Å². The number of ether oxygens (including phenoxy) is 1. The van der Waals surface area contributed by atoms with Crippen LogP contribution in [0.1, 0.15) is 13.8 Å². The summed E-state index contributed by atoms with van der Waals surface area (Å²) in [5, 5.41) is 0.469. The molecule has 6 heteroatoms. The predicted molar refractivity (Wildman–Crippen MR) is 64.7 cm³/mol. The maximum atomic E-state index is 11.9. The summed E-state index contributed by atoms with van der Waals surface area (Å²) < 4.78 is 28.6. The SMILES string of the molecule is CC(=O)O[C@H](C)CS(=O)(=O)c1ccc(Cl)cc1. The molecular formula is C11H13ClO4S. The van der Waals surface area contributed by atoms with Crippen LogP contribution in [0.15, 0.2) is 29.2 Å². The zero-order chi connectivity index (χ0) is 13.1. The molecule has 17 heavy (non-hydrogen) atoms. The summed E-state index contributed by atoms with van der Waals surface area (Å²) in [4.78, 5) is 10.9. The lowest BCUT2D eigenvalue weighted by molar-refractivity contribution is -0.144. The second-order valence-electron chi connectivity index (χ2n) is 3.66. The number of sulfone groups is 1. The van der Waals surface area contributed by atoms with Gasteiger partial charge in [-0.05, 0) is 31.2 Å². The molecule has 0 heterocycles. The fourth-order valence-corrected chi connectivity index (χ4v) is 2.92. The Labute approximate surface area is 105 Å². The number of carbonyl (C=O) groups is 1. The summed E-state index contributed by atoms with van der Waals surface area (Å²) in [6.45, 7) is 2.78. The second kappa shape index (κ2) is 5.51. The van der Waals surface area contributed by atoms with Crippen molar-refractivity contribution >= 4 is 27.4 Å². The van der Waals surface area contributed by atoms with Gasteiger partial charge in [-0.1, -0.05) is 11.6 Å². The van der Waals surface area contributed by atoms with Gasteiger partial charge in [0.2, 0.25) is 0 Å². The van der Waals surface area contributed by atoms with E-state index in [1.165, 1.54) is 38.1 Å². The Hall–Kier alpha value is -1.07. The van der Waals surface area contributed by atoms with Crippen molar-refractivity contribution in [2.24, 2.45) is 0 Å². The van der Waals surface area contributed by atoms with Gasteiger partial charge in [0.1, 0.15) is 6.10 Å². The molecule has 1 aromatic rings. The van der Waals surface area contributed by atoms with Crippen LogP contribution in [0.2, 0.25) is 5.02 Å². The van der Waals surface area contributed by atoms with E-state index in [-0.39, 0.29) is 10.6 Å². The minimum atomic E-state index is -3.46. The van der Waals surface area contributed by atoms with Crippen LogP contribution in [-0.4, -0.2) is 26.2 Å². The topological polar surface area (TPSA) is 60.4 Å². The molecule has 94 valence electrons. The van der Waals surface area contributed by atoms with E-state index in [4.69, 9.17) is 16.3 Å². The van der Waals surface area contributed by atoms with Crippen molar-refractivity contribution in [3.05, 3.63) is 29.3 Å². The van der Waals surface area contributed by atoms with E-state index in [1.54, 1.807) is 0 Å². The van der Waals surface area contributed by atoms with Gasteiger partial charge < -0.3 is 4.74 Å². The number of rotatable bonds is 4. The lowest BCUT2D eigenvalue weighted by atomic mass is 10.4. The van der Waals surface area contributed by atoms with E-state index < -0.39 is 21.9 Å². The third-order valence-corrected chi connectivity index (χ3v) is 4.14. The van der Waals surface area contributed by atoms with Crippen LogP contribution in [0, 0.1) is 0 Å². The number of hydrogen-bond acceptors (Lipinski definition) is 4. The number of carbonyl (C=O) groups excluding carboxylic acids is 1. The van der Waals surface area contributed by atoms with Crippen molar-refractivity contribution in [3.8, 4) is 0 Å². The maximum Gasteiger partial charge on any atom is 0.302 e. The van der Waals surface area contributed by atoms with Crippen LogP contribution in [0.4, 0.5) is 0 Å². The molecular weight excluding hydrogens is 264 g/mol. The monoisotopic (exact) mass is 276 g/mol. The lowest BCUT2D eigenvalue weighted by Crippen LogP contribution is -2.23. The molecule has 0 aliphatic rings. The molecule has 0 saturated carbocycles. The van der Waals surface area contributed by atoms with E-state index >= 15 is 0 Å². The molecule has 0 aromatic heterocycles. The first-order valence-electron chi connectivity index (χ1n) is 4.97. The summed E-state index contributed by atoms with van der Waals surface area (Å²) in [6.07, 6.45) is -0.673. The normalized spacial score (nSPS) is 13.1. The largest absolute Gasteiger partial charge is 0.462 e. The van der Waals surface area contributed by atoms with E-state index in [0.717, 1.165) is 0 Å². The lowest BCUT2D eigenvalue weighted by Gasteiger charge is -2.12. The predicted octanol–water partition coefficient (Wildman–Crippen LogP) is 2.07. The van der Waals surface area contributed by atoms with Crippen LogP contribution in [0.5, 0.6) is 0 Å². The van der Waals surface area contributed by atoms with E-state index in [1.807, 2.05) is 0 Å². The summed E-state index contributed by atoms with van der Waals surface area (Å²) in [5.74, 6) is -0.738. The van der Waals surface area contributed by atoms with Crippen molar-refractivity contribution < 1.29 is 17.9 Å². The zero-order valence-electron chi connectivity index (χ0n) is 9.51. The Kier molecular flexibility index (Phi) is 4.54. The van der Waals surface area contributed by atoms with E-state index in [9.17, 15) is 13.2 Å². The summed E-state index contributed by atoms with van der Waals surface area (Å²) in [7, 11) is -3.46. The van der Waals surface area contributed by atoms with Gasteiger partial charge >= 0.3 is 5.97 Å². The average Bonchev–Trinajstić information content (AvgIpc) is 2.15. The molecule has 0 fully saturated rings. The van der Waals surface area contributed by atoms with Crippen LogP contribution >= 0.6 is 11.6 Å². The molecule has 0 N–H and O–H groups in total. The molecule has 0 saturated heterocycles. The molecule has 0 unspecified atom stereocenters. The molecule has 0 amide bonds. The van der Waals surface area contributed by atoms with Gasteiger partial charge in [-0.3, -0.25) is 4.79 Å². The van der Waals surface area contributed by atoms with Crippen LogP contribution in [-0.2, 0) is 19.4 Å². The van der Waals surface area contributed by atoms with Crippen molar-refractivity contribution in [2.45, 2.75) is 24.8 Å². The first-order chi connectivity index (χ1) is 7.81. The van der Waals surface area contributed by atoms with Crippen LogP contribution in [0.25, 0.3) is 0 Å². The zero-order valence-corrected chi connectivity index (χ0v) is 11.1. The Morgan fingerprint density at radius 2 is 1.88 bits per heavy atom. The molecule has 4 nitrogen and oxygen atoms in total. The number of halogens is 1. The van der Waals surface area contributed by atoms with Crippen LogP contribution in [0.3, 0.4) is 0 Å². The molecule has 1 rings (SSSR count). The molecule has 0 bridgehead atoms. The quantitative estimate of drug-likeness (QED) is 0.790. The van der Waals surface area contributed by atoms with Gasteiger partial charge in [0.25, 0.3) is 0 Å². The first-order valence-corrected chi connectivity index (χ1v) is 7.00. The van der Waals surface area contributed by atoms with Crippen molar-refractivity contribution in [1.29, 1.82) is 0 Å². The molecule has 0 radical (unpaired) electrons. The Bertz CT molecular complexity index is 493. The number of benzene rings is 1. The Balaban J connectivity index is 2.82.